The number of hydrogen-bond acceptors (Lipinski definition) is 4. The van der Waals surface area contributed by atoms with E-state index in [9.17, 15) is 20.2 Å². The molecule has 24 heavy (non-hydrogen) atoms. The Morgan fingerprint density at radius 2 is 1.79 bits per heavy atom. The number of rotatable bonds is 1. The second kappa shape index (κ2) is 5.91. The zero-order valence-corrected chi connectivity index (χ0v) is 13.0. The van der Waals surface area contributed by atoms with E-state index in [4.69, 9.17) is 5.41 Å². The van der Waals surface area contributed by atoms with Gasteiger partial charge < -0.3 is 5.41 Å². The summed E-state index contributed by atoms with van der Waals surface area (Å²) < 4.78 is 13.3. The van der Waals surface area contributed by atoms with Crippen molar-refractivity contribution in [3.8, 4) is 18.2 Å². The molecular weight excluding hydrogens is 303 g/mol. The third kappa shape index (κ3) is 2.12. The van der Waals surface area contributed by atoms with Crippen LogP contribution in [0.5, 0.6) is 0 Å². The van der Waals surface area contributed by atoms with Gasteiger partial charge in [0.15, 0.2) is 5.41 Å². The summed E-state index contributed by atoms with van der Waals surface area (Å²) in [5, 5.41) is 37.6. The Balaban J connectivity index is 2.26. The summed E-state index contributed by atoms with van der Waals surface area (Å²) in [6.45, 7) is 0. The lowest BCUT2D eigenvalue weighted by Gasteiger charge is -2.46. The minimum atomic E-state index is -1.64. The first kappa shape index (κ1) is 15.9. The van der Waals surface area contributed by atoms with Crippen LogP contribution in [0, 0.1) is 62.5 Å². The number of benzene rings is 1. The molecule has 1 aromatic carbocycles. The van der Waals surface area contributed by atoms with Crippen LogP contribution in [0.4, 0.5) is 4.39 Å². The van der Waals surface area contributed by atoms with Crippen LogP contribution in [0.1, 0.15) is 30.7 Å². The molecule has 0 aromatic heterocycles. The molecule has 0 saturated heterocycles. The van der Waals surface area contributed by atoms with Gasteiger partial charge in [-0.15, -0.1) is 0 Å². The molecule has 1 fully saturated rings. The number of nitriles is 3. The predicted octanol–water partition coefficient (Wildman–Crippen LogP) is 3.84. The van der Waals surface area contributed by atoms with E-state index in [1.54, 1.807) is 12.1 Å². The van der Waals surface area contributed by atoms with Crippen molar-refractivity contribution in [1.29, 1.82) is 21.2 Å². The molecule has 3 atom stereocenters. The molecule has 118 valence electrons. The van der Waals surface area contributed by atoms with Gasteiger partial charge >= 0.3 is 0 Å². The average Bonchev–Trinajstić information content (AvgIpc) is 2.62. The Hall–Kier alpha value is -2.97. The highest BCUT2D eigenvalue weighted by Gasteiger charge is 2.58. The fourth-order valence-corrected chi connectivity index (χ4v) is 4.07. The second-order valence-corrected chi connectivity index (χ2v) is 6.29. The first-order chi connectivity index (χ1) is 11.6. The lowest BCUT2D eigenvalue weighted by atomic mass is 9.52. The van der Waals surface area contributed by atoms with Crippen LogP contribution in [-0.4, -0.2) is 5.71 Å². The minimum Gasteiger partial charge on any atom is -0.304 e. The van der Waals surface area contributed by atoms with Crippen molar-refractivity contribution in [1.82, 2.24) is 0 Å². The lowest BCUT2D eigenvalue weighted by Crippen LogP contribution is -2.48. The van der Waals surface area contributed by atoms with Crippen molar-refractivity contribution in [2.45, 2.75) is 25.2 Å². The van der Waals surface area contributed by atoms with Crippen molar-refractivity contribution in [3.05, 3.63) is 47.3 Å². The Kier molecular flexibility index (Phi) is 3.92. The molecule has 5 heteroatoms. The summed E-state index contributed by atoms with van der Waals surface area (Å²) in [6.07, 6.45) is 4.44. The van der Waals surface area contributed by atoms with E-state index in [-0.39, 0.29) is 11.6 Å². The highest BCUT2D eigenvalue weighted by atomic mass is 19.1. The summed E-state index contributed by atoms with van der Waals surface area (Å²) in [7, 11) is 0. The molecule has 3 rings (SSSR count). The van der Waals surface area contributed by atoms with Gasteiger partial charge in [-0.3, -0.25) is 0 Å². The summed E-state index contributed by atoms with van der Waals surface area (Å²) in [5.74, 6) is -2.21. The molecule has 1 unspecified atom stereocenters. The number of fused-ring (bicyclic) bond motifs is 1. The standard InChI is InChI=1S/C19H15FN4/c20-13-7-5-12(6-8-13)17-14-3-1-2-4-15(14)18(24)16(9-21)19(17,10-22)11-23/h4-8,14,16-17,24H,1-3H2/t14-,16?,17+/m1/s1. The Bertz CT molecular complexity index is 818. The lowest BCUT2D eigenvalue weighted by molar-refractivity contribution is 0.261. The smallest absolute Gasteiger partial charge is 0.172 e. The molecule has 0 radical (unpaired) electrons. The number of allylic oxidation sites excluding steroid dienone is 2. The fraction of sp³-hybridized carbons (Fsp3) is 0.368. The number of nitrogens with one attached hydrogen (secondary N) is 1. The van der Waals surface area contributed by atoms with Crippen LogP contribution in [0.2, 0.25) is 0 Å². The molecule has 2 aliphatic rings. The van der Waals surface area contributed by atoms with Gasteiger partial charge in [-0.2, -0.15) is 15.8 Å². The van der Waals surface area contributed by atoms with Crippen LogP contribution in [0.3, 0.4) is 0 Å². The van der Waals surface area contributed by atoms with Gasteiger partial charge in [0.25, 0.3) is 0 Å². The third-order valence-electron chi connectivity index (χ3n) is 5.16. The molecule has 2 aliphatic carbocycles. The van der Waals surface area contributed by atoms with E-state index >= 15 is 0 Å². The summed E-state index contributed by atoms with van der Waals surface area (Å²) in [5.41, 5.74) is -0.111. The SMILES string of the molecule is N#CC1C(=N)C2=CCCC[C@H]2[C@H](c2ccc(F)cc2)C1(C#N)C#N. The summed E-state index contributed by atoms with van der Waals surface area (Å²) >= 11 is 0. The van der Waals surface area contributed by atoms with Crippen molar-refractivity contribution in [3.63, 3.8) is 0 Å². The van der Waals surface area contributed by atoms with Gasteiger partial charge in [-0.1, -0.05) is 18.2 Å². The first-order valence-corrected chi connectivity index (χ1v) is 7.85. The van der Waals surface area contributed by atoms with Crippen molar-refractivity contribution < 1.29 is 4.39 Å². The normalized spacial score (nSPS) is 27.8. The summed E-state index contributed by atoms with van der Waals surface area (Å²) in [4.78, 5) is 0. The van der Waals surface area contributed by atoms with Crippen molar-refractivity contribution in [2.24, 2.45) is 17.3 Å². The maximum Gasteiger partial charge on any atom is 0.172 e. The van der Waals surface area contributed by atoms with E-state index < -0.39 is 23.1 Å². The molecule has 0 spiro atoms. The van der Waals surface area contributed by atoms with E-state index in [1.165, 1.54) is 12.1 Å². The second-order valence-electron chi connectivity index (χ2n) is 6.29. The maximum atomic E-state index is 13.3. The largest absolute Gasteiger partial charge is 0.304 e. The van der Waals surface area contributed by atoms with Crippen LogP contribution in [-0.2, 0) is 0 Å². The summed E-state index contributed by atoms with van der Waals surface area (Å²) in [6, 6.07) is 11.9. The topological polar surface area (TPSA) is 95.2 Å². The number of halogens is 1. The van der Waals surface area contributed by atoms with Crippen LogP contribution < -0.4 is 0 Å². The molecular formula is C19H15FN4. The zero-order chi connectivity index (χ0) is 17.3. The highest BCUT2D eigenvalue weighted by molar-refractivity contribution is 6.04. The van der Waals surface area contributed by atoms with Gasteiger partial charge in [-0.05, 0) is 48.4 Å². The van der Waals surface area contributed by atoms with Gasteiger partial charge in [0.2, 0.25) is 0 Å². The van der Waals surface area contributed by atoms with E-state index in [0.29, 0.717) is 5.56 Å². The van der Waals surface area contributed by atoms with Crippen LogP contribution >= 0.6 is 0 Å². The third-order valence-corrected chi connectivity index (χ3v) is 5.16. The Morgan fingerprint density at radius 3 is 2.38 bits per heavy atom. The fourth-order valence-electron chi connectivity index (χ4n) is 4.07. The minimum absolute atomic E-state index is 0.0867. The average molecular weight is 318 g/mol. The van der Waals surface area contributed by atoms with Gasteiger partial charge in [0.1, 0.15) is 11.7 Å². The number of nitrogens with zero attached hydrogens (tertiary/aromatic N) is 3. The number of hydrogen-bond donors (Lipinski definition) is 1. The molecule has 0 heterocycles. The van der Waals surface area contributed by atoms with Crippen LogP contribution in [0.25, 0.3) is 0 Å². The van der Waals surface area contributed by atoms with E-state index in [2.05, 4.69) is 0 Å². The predicted molar refractivity (Wildman–Crippen MR) is 85.1 cm³/mol. The maximum absolute atomic E-state index is 13.3. The molecule has 1 saturated carbocycles. The first-order valence-electron chi connectivity index (χ1n) is 7.85. The van der Waals surface area contributed by atoms with Gasteiger partial charge in [0.05, 0.1) is 23.9 Å². The molecule has 4 nitrogen and oxygen atoms in total. The monoisotopic (exact) mass is 318 g/mol. The van der Waals surface area contributed by atoms with E-state index in [0.717, 1.165) is 24.8 Å². The van der Waals surface area contributed by atoms with E-state index in [1.807, 2.05) is 24.3 Å². The molecule has 0 aliphatic heterocycles. The molecule has 1 N–H and O–H groups in total. The highest BCUT2D eigenvalue weighted by Crippen LogP contribution is 2.55. The van der Waals surface area contributed by atoms with Crippen molar-refractivity contribution >= 4 is 5.71 Å². The van der Waals surface area contributed by atoms with Gasteiger partial charge in [0, 0.05) is 5.92 Å². The Morgan fingerprint density at radius 1 is 1.12 bits per heavy atom. The molecule has 0 amide bonds. The zero-order valence-electron chi connectivity index (χ0n) is 13.0. The van der Waals surface area contributed by atoms with Gasteiger partial charge in [-0.25, -0.2) is 4.39 Å². The molecule has 0 bridgehead atoms. The Labute approximate surface area is 140 Å². The van der Waals surface area contributed by atoms with Crippen molar-refractivity contribution in [2.75, 3.05) is 0 Å². The quantitative estimate of drug-likeness (QED) is 0.852. The molecule has 1 aromatic rings. The van der Waals surface area contributed by atoms with Crippen LogP contribution in [0.15, 0.2) is 35.9 Å².